The molecule has 1 atom stereocenters. The van der Waals surface area contributed by atoms with Gasteiger partial charge < -0.3 is 0 Å². The predicted molar refractivity (Wildman–Crippen MR) is 141 cm³/mol. The molecule has 2 aromatic carbocycles. The number of pyridine rings is 1. The molecule has 0 fully saturated rings. The van der Waals surface area contributed by atoms with Crippen molar-refractivity contribution in [3.05, 3.63) is 92.3 Å². The third-order valence-corrected chi connectivity index (χ3v) is 6.94. The summed E-state index contributed by atoms with van der Waals surface area (Å²) in [5, 5.41) is 5.58. The zero-order valence-corrected chi connectivity index (χ0v) is 21.1. The van der Waals surface area contributed by atoms with E-state index in [1.54, 1.807) is 38.9 Å². The van der Waals surface area contributed by atoms with Crippen LogP contribution in [0.2, 0.25) is 0 Å². The highest BCUT2D eigenvalue weighted by molar-refractivity contribution is 6.02. The number of rotatable bonds is 6. The Morgan fingerprint density at radius 3 is 2.25 bits per heavy atom. The molecule has 0 aliphatic rings. The second-order valence-corrected chi connectivity index (χ2v) is 9.08. The number of para-hydroxylation sites is 1. The first-order chi connectivity index (χ1) is 17.3. The van der Waals surface area contributed by atoms with E-state index in [-0.39, 0.29) is 17.0 Å². The van der Waals surface area contributed by atoms with Gasteiger partial charge in [0.05, 0.1) is 28.5 Å². The van der Waals surface area contributed by atoms with Crippen LogP contribution in [-0.2, 0) is 13.1 Å². The second-order valence-electron chi connectivity index (χ2n) is 9.08. The summed E-state index contributed by atoms with van der Waals surface area (Å²) in [7, 11) is 0. The number of aryl methyl sites for hydroxylation is 4. The summed E-state index contributed by atoms with van der Waals surface area (Å²) in [5.74, 6) is -0.207. The molecule has 1 unspecified atom stereocenters. The van der Waals surface area contributed by atoms with Crippen molar-refractivity contribution in [1.29, 1.82) is 0 Å². The van der Waals surface area contributed by atoms with Gasteiger partial charge in [0.2, 0.25) is 0 Å². The summed E-state index contributed by atoms with van der Waals surface area (Å²) in [4.78, 5) is 39.9. The van der Waals surface area contributed by atoms with Gasteiger partial charge >= 0.3 is 5.69 Å². The van der Waals surface area contributed by atoms with Crippen molar-refractivity contribution in [3.8, 4) is 5.69 Å². The van der Waals surface area contributed by atoms with Crippen LogP contribution in [0.3, 0.4) is 0 Å². The normalized spacial score (nSPS) is 12.5. The third kappa shape index (κ3) is 3.44. The molecule has 5 rings (SSSR count). The summed E-state index contributed by atoms with van der Waals surface area (Å²) >= 11 is 0. The number of carbonyl (C=O) groups excluding carboxylic acids is 1. The number of aromatic nitrogens is 5. The highest BCUT2D eigenvalue weighted by Gasteiger charge is 2.25. The maximum Gasteiger partial charge on any atom is 0.329 e. The van der Waals surface area contributed by atoms with E-state index in [0.717, 1.165) is 27.8 Å². The largest absolute Gasteiger partial charge is 0.329 e. The Balaban J connectivity index is 1.71. The topological polar surface area (TPSA) is 83.8 Å². The average molecular weight is 484 g/mol. The van der Waals surface area contributed by atoms with Crippen LogP contribution in [0.1, 0.15) is 48.4 Å². The molecule has 3 heterocycles. The van der Waals surface area contributed by atoms with Crippen molar-refractivity contribution < 1.29 is 4.79 Å². The molecule has 0 saturated carbocycles. The van der Waals surface area contributed by atoms with Crippen LogP contribution in [0.25, 0.3) is 27.8 Å². The highest BCUT2D eigenvalue weighted by Crippen LogP contribution is 2.27. The van der Waals surface area contributed by atoms with E-state index in [2.05, 4.69) is 0 Å². The number of imidazole rings is 1. The van der Waals surface area contributed by atoms with Gasteiger partial charge in [-0.05, 0) is 70.5 Å². The minimum atomic E-state index is -0.785. The van der Waals surface area contributed by atoms with Gasteiger partial charge in [-0.1, -0.05) is 18.2 Å². The van der Waals surface area contributed by atoms with Gasteiger partial charge in [0, 0.05) is 30.1 Å². The predicted octanol–water partition coefficient (Wildman–Crippen LogP) is 4.40. The Bertz CT molecular complexity index is 1750. The fraction of sp³-hybridized carbons (Fsp3) is 0.286. The molecule has 0 spiro atoms. The van der Waals surface area contributed by atoms with Gasteiger partial charge in [-0.3, -0.25) is 23.3 Å². The summed E-state index contributed by atoms with van der Waals surface area (Å²) in [6.07, 6.45) is 0. The van der Waals surface area contributed by atoms with Gasteiger partial charge in [-0.2, -0.15) is 5.10 Å². The Labute approximate surface area is 208 Å². The minimum Gasteiger partial charge on any atom is -0.292 e. The molecular formula is C28H29N5O3. The van der Waals surface area contributed by atoms with Crippen LogP contribution in [-0.4, -0.2) is 29.3 Å². The van der Waals surface area contributed by atoms with Crippen molar-refractivity contribution in [2.75, 3.05) is 0 Å². The van der Waals surface area contributed by atoms with E-state index in [9.17, 15) is 14.4 Å². The fourth-order valence-corrected chi connectivity index (χ4v) is 5.20. The summed E-state index contributed by atoms with van der Waals surface area (Å²) < 4.78 is 6.64. The molecule has 36 heavy (non-hydrogen) atoms. The molecule has 3 aromatic heterocycles. The van der Waals surface area contributed by atoms with E-state index < -0.39 is 6.04 Å². The maximum absolute atomic E-state index is 13.8. The molecule has 8 heteroatoms. The van der Waals surface area contributed by atoms with Gasteiger partial charge in [0.15, 0.2) is 5.78 Å². The molecule has 0 saturated heterocycles. The van der Waals surface area contributed by atoms with Crippen LogP contribution in [0.5, 0.6) is 0 Å². The molecule has 0 bridgehead atoms. The van der Waals surface area contributed by atoms with E-state index in [4.69, 9.17) is 5.10 Å². The molecule has 5 aromatic rings. The van der Waals surface area contributed by atoms with Gasteiger partial charge in [0.1, 0.15) is 5.65 Å². The van der Waals surface area contributed by atoms with Crippen LogP contribution >= 0.6 is 0 Å². The Hall–Kier alpha value is -4.20. The third-order valence-electron chi connectivity index (χ3n) is 6.94. The lowest BCUT2D eigenvalue weighted by atomic mass is 10.0. The average Bonchev–Trinajstić information content (AvgIpc) is 3.36. The zero-order chi connectivity index (χ0) is 25.7. The number of ketones is 1. The number of hydrogen-bond acceptors (Lipinski definition) is 4. The van der Waals surface area contributed by atoms with E-state index in [0.29, 0.717) is 29.8 Å². The molecule has 184 valence electrons. The molecule has 0 N–H and O–H groups in total. The first-order valence-electron chi connectivity index (χ1n) is 12.2. The summed E-state index contributed by atoms with van der Waals surface area (Å²) in [6.45, 7) is 10.4. The molecule has 0 aliphatic heterocycles. The first-order valence-corrected chi connectivity index (χ1v) is 12.2. The zero-order valence-electron chi connectivity index (χ0n) is 21.1. The first kappa shape index (κ1) is 23.5. The van der Waals surface area contributed by atoms with Crippen molar-refractivity contribution >= 4 is 27.9 Å². The lowest BCUT2D eigenvalue weighted by Crippen LogP contribution is -2.29. The Morgan fingerprint density at radius 2 is 1.58 bits per heavy atom. The van der Waals surface area contributed by atoms with E-state index in [1.807, 2.05) is 64.1 Å². The Kier molecular flexibility index (Phi) is 5.74. The smallest absolute Gasteiger partial charge is 0.292 e. The molecule has 8 nitrogen and oxygen atoms in total. The van der Waals surface area contributed by atoms with Crippen LogP contribution in [0.4, 0.5) is 0 Å². The molecule has 0 aliphatic carbocycles. The lowest BCUT2D eigenvalue weighted by Gasteiger charge is -2.18. The van der Waals surface area contributed by atoms with Gasteiger partial charge in [-0.25, -0.2) is 9.48 Å². The van der Waals surface area contributed by atoms with Crippen LogP contribution in [0.15, 0.2) is 64.2 Å². The molecule has 0 amide bonds. The monoisotopic (exact) mass is 483 g/mol. The summed E-state index contributed by atoms with van der Waals surface area (Å²) in [5.41, 5.74) is 4.61. The number of fused-ring (bicyclic) bond motifs is 2. The quantitative estimate of drug-likeness (QED) is 0.335. The highest BCUT2D eigenvalue weighted by atomic mass is 16.2. The van der Waals surface area contributed by atoms with Crippen molar-refractivity contribution in [2.24, 2.45) is 0 Å². The summed E-state index contributed by atoms with van der Waals surface area (Å²) in [6, 6.07) is 15.7. The van der Waals surface area contributed by atoms with Crippen molar-refractivity contribution in [3.63, 3.8) is 0 Å². The number of nitrogens with zero attached hydrogens (tertiary/aromatic N) is 5. The van der Waals surface area contributed by atoms with Crippen LogP contribution < -0.4 is 11.2 Å². The Morgan fingerprint density at radius 1 is 0.917 bits per heavy atom. The SMILES string of the molecule is CCn1c(=O)n(CC)c2cc(C(=O)C(C)n3c(=O)cc(C)c4c(C)nn(-c5ccccc5)c43)ccc21. The van der Waals surface area contributed by atoms with Crippen molar-refractivity contribution in [1.82, 2.24) is 23.5 Å². The number of hydrogen-bond donors (Lipinski definition) is 0. The van der Waals surface area contributed by atoms with Gasteiger partial charge in [-0.15, -0.1) is 0 Å². The lowest BCUT2D eigenvalue weighted by molar-refractivity contribution is 0.0935. The fourth-order valence-electron chi connectivity index (χ4n) is 5.20. The molecular weight excluding hydrogens is 454 g/mol. The van der Waals surface area contributed by atoms with Crippen LogP contribution in [0, 0.1) is 13.8 Å². The number of Topliss-reactive ketones (excluding diaryl/α,β-unsaturated/α-hetero) is 1. The van der Waals surface area contributed by atoms with Crippen molar-refractivity contribution in [2.45, 2.75) is 53.8 Å². The standard InChI is InChI=1S/C28H29N5O3/c1-6-30-22-14-13-20(16-23(22)31(7-2)28(30)36)26(35)19(5)32-24(34)15-17(3)25-18(4)29-33(27(25)32)21-11-9-8-10-12-21/h8-16,19H,6-7H2,1-5H3. The van der Waals surface area contributed by atoms with E-state index >= 15 is 0 Å². The van der Waals surface area contributed by atoms with E-state index in [1.165, 1.54) is 4.57 Å². The number of carbonyl (C=O) groups is 1. The maximum atomic E-state index is 13.8. The van der Waals surface area contributed by atoms with Gasteiger partial charge in [0.25, 0.3) is 5.56 Å². The number of benzene rings is 2. The minimum absolute atomic E-state index is 0.0913. The molecule has 0 radical (unpaired) electrons. The second kappa shape index (κ2) is 8.78.